The summed E-state index contributed by atoms with van der Waals surface area (Å²) in [6.07, 6.45) is 5.59. The summed E-state index contributed by atoms with van der Waals surface area (Å²) >= 11 is 5.92. The molecule has 1 aliphatic rings. The smallest absolute Gasteiger partial charge is 0.222 e. The van der Waals surface area contributed by atoms with E-state index in [2.05, 4.69) is 20.6 Å². The third-order valence-corrected chi connectivity index (χ3v) is 2.33. The highest BCUT2D eigenvalue weighted by atomic mass is 35.5. The van der Waals surface area contributed by atoms with Crippen LogP contribution in [0.25, 0.3) is 6.08 Å². The van der Waals surface area contributed by atoms with E-state index in [0.717, 1.165) is 11.3 Å². The van der Waals surface area contributed by atoms with Crippen LogP contribution in [0.3, 0.4) is 0 Å². The molecule has 1 unspecified atom stereocenters. The predicted octanol–water partition coefficient (Wildman–Crippen LogP) is 1.20. The molecule has 0 amide bonds. The number of halogens is 1. The molecule has 2 heterocycles. The molecule has 74 valence electrons. The van der Waals surface area contributed by atoms with E-state index < -0.39 is 0 Å². The first-order valence-electron chi connectivity index (χ1n) is 4.39. The van der Waals surface area contributed by atoms with Gasteiger partial charge in [-0.2, -0.15) is 0 Å². The van der Waals surface area contributed by atoms with Crippen LogP contribution in [-0.2, 0) is 6.54 Å². The normalized spacial score (nSPS) is 20.0. The molecule has 0 saturated carbocycles. The molecule has 0 fully saturated rings. The van der Waals surface area contributed by atoms with Crippen molar-refractivity contribution in [2.24, 2.45) is 0 Å². The lowest BCUT2D eigenvalue weighted by Crippen LogP contribution is -2.19. The second kappa shape index (κ2) is 3.94. The molecule has 2 N–H and O–H groups in total. The molecule has 1 aliphatic heterocycles. The number of hydrogen-bond acceptors (Lipinski definition) is 4. The maximum absolute atomic E-state index is 5.92. The number of aromatic nitrogens is 2. The second-order valence-electron chi connectivity index (χ2n) is 3.00. The van der Waals surface area contributed by atoms with E-state index in [0.29, 0.717) is 12.5 Å². The van der Waals surface area contributed by atoms with Crippen molar-refractivity contribution < 1.29 is 0 Å². The van der Waals surface area contributed by atoms with Crippen LogP contribution in [0.4, 0.5) is 5.95 Å². The first kappa shape index (κ1) is 9.43. The first-order chi connectivity index (χ1) is 6.79. The summed E-state index contributed by atoms with van der Waals surface area (Å²) < 4.78 is 0. The highest BCUT2D eigenvalue weighted by Gasteiger charge is 2.09. The van der Waals surface area contributed by atoms with Crippen molar-refractivity contribution in [3.63, 3.8) is 0 Å². The van der Waals surface area contributed by atoms with Crippen LogP contribution < -0.4 is 10.6 Å². The minimum Gasteiger partial charge on any atom is -0.357 e. The van der Waals surface area contributed by atoms with E-state index >= 15 is 0 Å². The van der Waals surface area contributed by atoms with E-state index in [-0.39, 0.29) is 5.50 Å². The predicted molar refractivity (Wildman–Crippen MR) is 57.1 cm³/mol. The van der Waals surface area contributed by atoms with E-state index in [9.17, 15) is 0 Å². The second-order valence-corrected chi connectivity index (χ2v) is 3.47. The van der Waals surface area contributed by atoms with Crippen LogP contribution in [-0.4, -0.2) is 22.5 Å². The van der Waals surface area contributed by atoms with Crippen LogP contribution in [0, 0.1) is 0 Å². The third kappa shape index (κ3) is 1.86. The highest BCUT2D eigenvalue weighted by Crippen LogP contribution is 2.14. The van der Waals surface area contributed by atoms with Crippen molar-refractivity contribution in [1.82, 2.24) is 15.3 Å². The summed E-state index contributed by atoms with van der Waals surface area (Å²) in [7, 11) is 1.80. The standard InChI is InChI=1S/C9H11ClN4/c1-11-9-13-5-6-4-12-8(10)3-2-7(6)14-9/h2-3,5,8,12H,4H2,1H3,(H,11,13,14). The fourth-order valence-corrected chi connectivity index (χ4v) is 1.42. The highest BCUT2D eigenvalue weighted by molar-refractivity contribution is 6.21. The van der Waals surface area contributed by atoms with Gasteiger partial charge < -0.3 is 5.32 Å². The van der Waals surface area contributed by atoms with Gasteiger partial charge in [0.15, 0.2) is 0 Å². The van der Waals surface area contributed by atoms with Gasteiger partial charge in [0.25, 0.3) is 0 Å². The van der Waals surface area contributed by atoms with Crippen LogP contribution in [0.1, 0.15) is 11.3 Å². The van der Waals surface area contributed by atoms with Gasteiger partial charge in [-0.3, -0.25) is 5.32 Å². The first-order valence-corrected chi connectivity index (χ1v) is 4.82. The van der Waals surface area contributed by atoms with Crippen molar-refractivity contribution in [1.29, 1.82) is 0 Å². The minimum atomic E-state index is -0.137. The number of anilines is 1. The number of rotatable bonds is 1. The lowest BCUT2D eigenvalue weighted by atomic mass is 10.2. The van der Waals surface area contributed by atoms with Crippen LogP contribution in [0.15, 0.2) is 12.3 Å². The van der Waals surface area contributed by atoms with Crippen molar-refractivity contribution in [2.45, 2.75) is 12.0 Å². The molecule has 0 saturated heterocycles. The number of alkyl halides is 1. The molecule has 0 radical (unpaired) electrons. The largest absolute Gasteiger partial charge is 0.357 e. The van der Waals surface area contributed by atoms with E-state index in [1.807, 2.05) is 12.2 Å². The Balaban J connectivity index is 2.37. The summed E-state index contributed by atoms with van der Waals surface area (Å²) in [5.41, 5.74) is 1.84. The Kier molecular flexibility index (Phi) is 2.65. The summed E-state index contributed by atoms with van der Waals surface area (Å²) in [4.78, 5) is 8.46. The zero-order valence-electron chi connectivity index (χ0n) is 7.79. The third-order valence-electron chi connectivity index (χ3n) is 2.03. The molecule has 14 heavy (non-hydrogen) atoms. The van der Waals surface area contributed by atoms with Gasteiger partial charge in [-0.15, -0.1) is 11.6 Å². The number of nitrogens with one attached hydrogen (secondary N) is 2. The molecular formula is C9H11ClN4. The van der Waals surface area contributed by atoms with Crippen molar-refractivity contribution in [2.75, 3.05) is 12.4 Å². The zero-order valence-corrected chi connectivity index (χ0v) is 8.54. The number of fused-ring (bicyclic) bond motifs is 1. The topological polar surface area (TPSA) is 49.8 Å². The maximum atomic E-state index is 5.92. The van der Waals surface area contributed by atoms with Gasteiger partial charge in [0, 0.05) is 25.4 Å². The molecule has 0 bridgehead atoms. The average molecular weight is 211 g/mol. The van der Waals surface area contributed by atoms with Gasteiger partial charge in [0.05, 0.1) is 5.69 Å². The molecule has 0 aliphatic carbocycles. The van der Waals surface area contributed by atoms with E-state index in [1.54, 1.807) is 13.2 Å². The molecule has 1 atom stereocenters. The molecule has 5 heteroatoms. The lowest BCUT2D eigenvalue weighted by molar-refractivity contribution is 0.720. The average Bonchev–Trinajstić information content (AvgIpc) is 2.40. The fraction of sp³-hybridized carbons (Fsp3) is 0.333. The molecule has 0 aromatic carbocycles. The summed E-state index contributed by atoms with van der Waals surface area (Å²) in [6, 6.07) is 0. The van der Waals surface area contributed by atoms with Gasteiger partial charge in [-0.05, 0) is 6.08 Å². The van der Waals surface area contributed by atoms with Crippen molar-refractivity contribution >= 4 is 23.6 Å². The Morgan fingerprint density at radius 1 is 1.64 bits per heavy atom. The Morgan fingerprint density at radius 2 is 2.50 bits per heavy atom. The monoisotopic (exact) mass is 210 g/mol. The molecule has 4 nitrogen and oxygen atoms in total. The van der Waals surface area contributed by atoms with Crippen LogP contribution in [0.2, 0.25) is 0 Å². The van der Waals surface area contributed by atoms with Gasteiger partial charge in [0.2, 0.25) is 5.95 Å². The van der Waals surface area contributed by atoms with E-state index in [4.69, 9.17) is 11.6 Å². The SMILES string of the molecule is CNc1ncc2c(n1)C=CC(Cl)NC2. The number of hydrogen-bond donors (Lipinski definition) is 2. The van der Waals surface area contributed by atoms with Crippen molar-refractivity contribution in [3.05, 3.63) is 23.5 Å². The fourth-order valence-electron chi connectivity index (χ4n) is 1.27. The Labute approximate surface area is 87.4 Å². The summed E-state index contributed by atoms with van der Waals surface area (Å²) in [5.74, 6) is 0.626. The Hall–Kier alpha value is -1.13. The van der Waals surface area contributed by atoms with Gasteiger partial charge in [-0.25, -0.2) is 9.97 Å². The molecule has 1 aromatic rings. The van der Waals surface area contributed by atoms with Crippen molar-refractivity contribution in [3.8, 4) is 0 Å². The molecular weight excluding hydrogens is 200 g/mol. The quantitative estimate of drug-likeness (QED) is 0.540. The van der Waals surface area contributed by atoms with Crippen LogP contribution in [0.5, 0.6) is 0 Å². The maximum Gasteiger partial charge on any atom is 0.222 e. The lowest BCUT2D eigenvalue weighted by Gasteiger charge is -2.05. The Morgan fingerprint density at radius 3 is 3.29 bits per heavy atom. The van der Waals surface area contributed by atoms with Crippen LogP contribution >= 0.6 is 11.6 Å². The molecule has 2 rings (SSSR count). The minimum absolute atomic E-state index is 0.137. The van der Waals surface area contributed by atoms with Gasteiger partial charge >= 0.3 is 0 Å². The van der Waals surface area contributed by atoms with Gasteiger partial charge in [-0.1, -0.05) is 6.08 Å². The number of nitrogens with zero attached hydrogens (tertiary/aromatic N) is 2. The summed E-state index contributed by atoms with van der Waals surface area (Å²) in [5, 5.41) is 6.02. The molecule has 1 aromatic heterocycles. The van der Waals surface area contributed by atoms with E-state index in [1.165, 1.54) is 0 Å². The summed E-state index contributed by atoms with van der Waals surface area (Å²) in [6.45, 7) is 0.695. The zero-order chi connectivity index (χ0) is 9.97. The Bertz CT molecular complexity index is 364. The molecule has 0 spiro atoms. The van der Waals surface area contributed by atoms with Gasteiger partial charge in [0.1, 0.15) is 5.50 Å².